The second kappa shape index (κ2) is 17.9. The number of nitrogens with one attached hydrogen (secondary N) is 2. The molecule has 0 aromatic heterocycles. The summed E-state index contributed by atoms with van der Waals surface area (Å²) >= 11 is 1.85. The number of carbonyl (C=O) groups is 3. The summed E-state index contributed by atoms with van der Waals surface area (Å²) in [6, 6.07) is 3.59. The van der Waals surface area contributed by atoms with E-state index in [-0.39, 0.29) is 12.0 Å². The predicted molar refractivity (Wildman–Crippen MR) is 190 cm³/mol. The van der Waals surface area contributed by atoms with Crippen molar-refractivity contribution in [3.05, 3.63) is 28.8 Å². The highest BCUT2D eigenvalue weighted by Crippen LogP contribution is 2.33. The Hall–Kier alpha value is -2.79. The third-order valence-corrected chi connectivity index (χ3v) is 9.98. The summed E-state index contributed by atoms with van der Waals surface area (Å²) in [7, 11) is 1.69. The molecule has 0 atom stereocenters. The summed E-state index contributed by atoms with van der Waals surface area (Å²) in [5.41, 5.74) is 8.88. The van der Waals surface area contributed by atoms with Gasteiger partial charge >= 0.3 is 12.1 Å². The number of aryl methyl sites for hydroxylation is 2. The summed E-state index contributed by atoms with van der Waals surface area (Å²) in [6.45, 7) is 12.2. The second-order valence-corrected chi connectivity index (χ2v) is 15.1. The zero-order chi connectivity index (χ0) is 33.7. The Morgan fingerprint density at radius 1 is 1.00 bits per heavy atom. The van der Waals surface area contributed by atoms with E-state index < -0.39 is 17.2 Å². The van der Waals surface area contributed by atoms with Gasteiger partial charge in [0.1, 0.15) is 17.0 Å². The largest absolute Gasteiger partial charge is 0.444 e. The molecule has 10 nitrogen and oxygen atoms in total. The number of aliphatic imine (C=N–C) groups is 1. The molecular formula is C35H58N6O4S. The van der Waals surface area contributed by atoms with Crippen LogP contribution < -0.4 is 21.3 Å². The van der Waals surface area contributed by atoms with E-state index in [0.717, 1.165) is 81.7 Å². The first-order valence-electron chi connectivity index (χ1n) is 17.2. The second-order valence-electron chi connectivity index (χ2n) is 13.9. The van der Waals surface area contributed by atoms with Crippen LogP contribution in [0.25, 0.3) is 0 Å². The lowest BCUT2D eigenvalue weighted by molar-refractivity contribution is -0.124. The van der Waals surface area contributed by atoms with E-state index in [9.17, 15) is 14.4 Å². The molecule has 0 aliphatic carbocycles. The summed E-state index contributed by atoms with van der Waals surface area (Å²) in [4.78, 5) is 42.5. The van der Waals surface area contributed by atoms with Crippen molar-refractivity contribution >= 4 is 41.5 Å². The van der Waals surface area contributed by atoms with Crippen LogP contribution in [-0.4, -0.2) is 71.7 Å². The van der Waals surface area contributed by atoms with Gasteiger partial charge in [0, 0.05) is 44.5 Å². The number of nitrogens with two attached hydrogens (primary N) is 1. The van der Waals surface area contributed by atoms with E-state index in [0.29, 0.717) is 6.54 Å². The molecule has 2 heterocycles. The van der Waals surface area contributed by atoms with Gasteiger partial charge in [-0.3, -0.25) is 19.0 Å². The minimum atomic E-state index is -0.579. The molecule has 4 N–H and O–H groups in total. The molecule has 1 saturated heterocycles. The van der Waals surface area contributed by atoms with E-state index >= 15 is 0 Å². The van der Waals surface area contributed by atoms with Gasteiger partial charge in [-0.25, -0.2) is 9.59 Å². The third kappa shape index (κ3) is 12.1. The highest BCUT2D eigenvalue weighted by molar-refractivity contribution is 7.97. The van der Waals surface area contributed by atoms with Gasteiger partial charge in [-0.2, -0.15) is 0 Å². The lowest BCUT2D eigenvalue weighted by atomic mass is 9.89. The molecule has 11 heteroatoms. The van der Waals surface area contributed by atoms with Crippen molar-refractivity contribution in [1.82, 2.24) is 14.9 Å². The van der Waals surface area contributed by atoms with Crippen molar-refractivity contribution in [2.75, 3.05) is 37.3 Å². The van der Waals surface area contributed by atoms with Crippen LogP contribution in [0.5, 0.6) is 0 Å². The van der Waals surface area contributed by atoms with Crippen molar-refractivity contribution in [2.45, 2.75) is 129 Å². The number of nitrogens with zero attached hydrogens (tertiary/aromatic N) is 3. The maximum atomic E-state index is 12.9. The number of ether oxygens (including phenoxy) is 1. The molecular weight excluding hydrogens is 600 g/mol. The Balaban J connectivity index is 1.25. The number of urea groups is 1. The summed E-state index contributed by atoms with van der Waals surface area (Å²) in [5.74, 6) is 1.93. The zero-order valence-electron chi connectivity index (χ0n) is 29.1. The molecule has 1 spiro atoms. The number of primary amides is 1. The summed E-state index contributed by atoms with van der Waals surface area (Å²) in [6.07, 6.45) is 13.5. The minimum Gasteiger partial charge on any atom is -0.444 e. The normalized spacial score (nSPS) is 16.3. The van der Waals surface area contributed by atoms with E-state index in [4.69, 9.17) is 15.5 Å². The number of unbranched alkanes of at least 4 members (excludes halogenated alkanes) is 8. The molecule has 0 bridgehead atoms. The first-order chi connectivity index (χ1) is 21.8. The molecule has 3 rings (SSSR count). The van der Waals surface area contributed by atoms with E-state index in [1.54, 1.807) is 7.05 Å². The Labute approximate surface area is 281 Å². The first kappa shape index (κ1) is 37.7. The van der Waals surface area contributed by atoms with E-state index in [1.807, 2.05) is 44.9 Å². The van der Waals surface area contributed by atoms with Crippen LogP contribution in [0.15, 0.2) is 17.1 Å². The number of amidine groups is 1. The molecule has 0 saturated carbocycles. The summed E-state index contributed by atoms with van der Waals surface area (Å²) in [5, 5.41) is 5.92. The highest BCUT2D eigenvalue weighted by atomic mass is 32.2. The SMILES string of the molecule is Cc1cc(N(C)C(N)=O)cc(C)c1CCSN1CCC2(CC1)N=C(CCCCCCCCCCCNC(=O)OC(C)(C)C)NC2=O. The predicted octanol–water partition coefficient (Wildman–Crippen LogP) is 6.80. The smallest absolute Gasteiger partial charge is 0.407 e. The van der Waals surface area contributed by atoms with Gasteiger partial charge < -0.3 is 21.1 Å². The van der Waals surface area contributed by atoms with Crippen LogP contribution in [0, 0.1) is 13.8 Å². The van der Waals surface area contributed by atoms with Gasteiger partial charge in [-0.15, -0.1) is 0 Å². The average molecular weight is 659 g/mol. The Morgan fingerprint density at radius 3 is 2.13 bits per heavy atom. The maximum Gasteiger partial charge on any atom is 0.407 e. The number of hydrogen-bond acceptors (Lipinski definition) is 7. The zero-order valence-corrected chi connectivity index (χ0v) is 30.0. The van der Waals surface area contributed by atoms with Crippen molar-refractivity contribution in [2.24, 2.45) is 10.7 Å². The van der Waals surface area contributed by atoms with Crippen molar-refractivity contribution in [3.63, 3.8) is 0 Å². The van der Waals surface area contributed by atoms with E-state index in [1.165, 1.54) is 53.7 Å². The van der Waals surface area contributed by atoms with Crippen molar-refractivity contribution in [3.8, 4) is 0 Å². The molecule has 2 aliphatic heterocycles. The lowest BCUT2D eigenvalue weighted by Crippen LogP contribution is -2.47. The number of piperidine rings is 1. The van der Waals surface area contributed by atoms with Crippen LogP contribution in [-0.2, 0) is 16.0 Å². The Morgan fingerprint density at radius 2 is 1.57 bits per heavy atom. The fraction of sp³-hybridized carbons (Fsp3) is 0.714. The molecule has 46 heavy (non-hydrogen) atoms. The first-order valence-corrected chi connectivity index (χ1v) is 18.1. The minimum absolute atomic E-state index is 0.0840. The molecule has 4 amide bonds. The van der Waals surface area contributed by atoms with Crippen molar-refractivity contribution in [1.29, 1.82) is 0 Å². The molecule has 258 valence electrons. The molecule has 0 unspecified atom stereocenters. The number of carbonyl (C=O) groups excluding carboxylic acids is 3. The number of hydrogen-bond donors (Lipinski definition) is 3. The van der Waals surface area contributed by atoms with Crippen molar-refractivity contribution < 1.29 is 19.1 Å². The Bertz CT molecular complexity index is 1180. The van der Waals surface area contributed by atoms with Crippen LogP contribution in [0.1, 0.15) is 115 Å². The average Bonchev–Trinajstić information content (AvgIpc) is 3.28. The van der Waals surface area contributed by atoms with E-state index in [2.05, 4.69) is 28.8 Å². The fourth-order valence-corrected chi connectivity index (χ4v) is 7.14. The molecule has 0 radical (unpaired) electrons. The standard InChI is InChI=1S/C35H58N6O4S/c1-26-24-28(40(6)32(36)43)25-27(2)29(26)17-23-46-41-21-18-35(19-22-41)31(42)38-30(39-35)16-14-12-10-8-7-9-11-13-15-20-37-33(44)45-34(3,4)5/h24-25H,7-23H2,1-6H3,(H2,36,43)(H,37,44)(H,38,39,42). The number of alkyl carbamates (subject to hydrolysis) is 1. The van der Waals surface area contributed by atoms with Crippen LogP contribution in [0.4, 0.5) is 15.3 Å². The highest BCUT2D eigenvalue weighted by Gasteiger charge is 2.45. The van der Waals surface area contributed by atoms with Gasteiger partial charge in [-0.1, -0.05) is 56.9 Å². The number of amides is 4. The van der Waals surface area contributed by atoms with Gasteiger partial charge in [0.25, 0.3) is 5.91 Å². The molecule has 1 fully saturated rings. The van der Waals surface area contributed by atoms with Crippen LogP contribution in [0.2, 0.25) is 0 Å². The van der Waals surface area contributed by atoms with Crippen LogP contribution in [0.3, 0.4) is 0 Å². The van der Waals surface area contributed by atoms with Gasteiger partial charge in [0.2, 0.25) is 0 Å². The van der Waals surface area contributed by atoms with Crippen LogP contribution >= 0.6 is 11.9 Å². The van der Waals surface area contributed by atoms with Gasteiger partial charge in [-0.05, 0) is 95.5 Å². The van der Waals surface area contributed by atoms with Gasteiger partial charge in [0.05, 0.1) is 0 Å². The third-order valence-electron chi connectivity index (χ3n) is 8.86. The lowest BCUT2D eigenvalue weighted by Gasteiger charge is -2.34. The molecule has 2 aliphatic rings. The number of benzene rings is 1. The summed E-state index contributed by atoms with van der Waals surface area (Å²) < 4.78 is 7.63. The molecule has 1 aromatic rings. The maximum absolute atomic E-state index is 12.9. The topological polar surface area (TPSA) is 129 Å². The quantitative estimate of drug-likeness (QED) is 0.125. The monoisotopic (exact) mass is 658 g/mol. The fourth-order valence-electron chi connectivity index (χ4n) is 6.15. The van der Waals surface area contributed by atoms with Gasteiger partial charge in [0.15, 0.2) is 0 Å². The number of anilines is 1. The number of rotatable bonds is 17. The molecule has 1 aromatic carbocycles. The Kier molecular flexibility index (Phi) is 14.7.